The monoisotopic (exact) mass is 296 g/mol. The Kier molecular flexibility index (Phi) is 6.04. The highest BCUT2D eigenvalue weighted by molar-refractivity contribution is 5.84. The van der Waals surface area contributed by atoms with E-state index in [0.717, 1.165) is 17.7 Å². The maximum atomic E-state index is 5.86. The van der Waals surface area contributed by atoms with Gasteiger partial charge in [0.15, 0.2) is 0 Å². The van der Waals surface area contributed by atoms with E-state index in [0.29, 0.717) is 13.2 Å². The Bertz CT molecular complexity index is 689. The first-order valence-electron chi connectivity index (χ1n) is 7.83. The van der Waals surface area contributed by atoms with Gasteiger partial charge in [-0.3, -0.25) is 0 Å². The molecule has 0 amide bonds. The molecule has 0 fully saturated rings. The quantitative estimate of drug-likeness (QED) is 0.738. The van der Waals surface area contributed by atoms with Crippen molar-refractivity contribution in [3.8, 4) is 5.75 Å². The predicted molar refractivity (Wildman–Crippen MR) is 93.2 cm³/mol. The van der Waals surface area contributed by atoms with Crippen molar-refractivity contribution >= 4 is 10.9 Å². The molecular formula is C19H24N2O. The first kappa shape index (κ1) is 16.1. The molecule has 0 saturated carbocycles. The van der Waals surface area contributed by atoms with Gasteiger partial charge >= 0.3 is 0 Å². The number of nitrogens with one attached hydrogen (secondary N) is 1. The topological polar surface area (TPSA) is 51.0 Å². The molecule has 0 aliphatic heterocycles. The second-order valence-corrected chi connectivity index (χ2v) is 4.83. The maximum absolute atomic E-state index is 5.86. The zero-order chi connectivity index (χ0) is 15.8. The summed E-state index contributed by atoms with van der Waals surface area (Å²) in [5, 5.41) is 1.20. The lowest BCUT2D eigenvalue weighted by Crippen LogP contribution is -2.01. The average molecular weight is 296 g/mol. The molecule has 0 aliphatic rings. The molecule has 3 rings (SSSR count). The number of rotatable bonds is 5. The molecule has 0 saturated heterocycles. The van der Waals surface area contributed by atoms with E-state index >= 15 is 0 Å². The van der Waals surface area contributed by atoms with Crippen LogP contribution in [-0.2, 0) is 13.0 Å². The molecule has 3 N–H and O–H groups in total. The van der Waals surface area contributed by atoms with E-state index in [1.165, 1.54) is 16.5 Å². The Labute approximate surface area is 132 Å². The van der Waals surface area contributed by atoms with E-state index in [9.17, 15) is 0 Å². The van der Waals surface area contributed by atoms with Gasteiger partial charge in [0.25, 0.3) is 0 Å². The Hall–Kier alpha value is -2.26. The SMILES string of the molecule is CC.NCCc1c[nH]c2ccc(OCc3ccccc3)cc12. The predicted octanol–water partition coefficient (Wildman–Crippen LogP) is 4.27. The number of benzene rings is 2. The van der Waals surface area contributed by atoms with Crippen LogP contribution < -0.4 is 10.5 Å². The van der Waals surface area contributed by atoms with Crippen LogP contribution in [0.15, 0.2) is 54.7 Å². The largest absolute Gasteiger partial charge is 0.489 e. The van der Waals surface area contributed by atoms with Crippen LogP contribution in [0.2, 0.25) is 0 Å². The highest BCUT2D eigenvalue weighted by atomic mass is 16.5. The van der Waals surface area contributed by atoms with Crippen molar-refractivity contribution in [2.45, 2.75) is 26.9 Å². The number of hydrogen-bond acceptors (Lipinski definition) is 2. The molecule has 3 nitrogen and oxygen atoms in total. The van der Waals surface area contributed by atoms with Gasteiger partial charge < -0.3 is 15.5 Å². The summed E-state index contributed by atoms with van der Waals surface area (Å²) < 4.78 is 5.86. The third-order valence-corrected chi connectivity index (χ3v) is 3.40. The molecule has 0 bridgehead atoms. The average Bonchev–Trinajstić information content (AvgIpc) is 2.99. The van der Waals surface area contributed by atoms with Crippen LogP contribution in [0.4, 0.5) is 0 Å². The molecule has 116 valence electrons. The zero-order valence-corrected chi connectivity index (χ0v) is 13.3. The first-order chi connectivity index (χ1) is 10.9. The van der Waals surface area contributed by atoms with Gasteiger partial charge in [0, 0.05) is 17.1 Å². The zero-order valence-electron chi connectivity index (χ0n) is 13.3. The fraction of sp³-hybridized carbons (Fsp3) is 0.263. The fourth-order valence-electron chi connectivity index (χ4n) is 2.35. The van der Waals surface area contributed by atoms with Crippen LogP contribution in [0.1, 0.15) is 25.0 Å². The third kappa shape index (κ3) is 3.89. The van der Waals surface area contributed by atoms with Crippen molar-refractivity contribution in [2.75, 3.05) is 6.54 Å². The van der Waals surface area contributed by atoms with Crippen molar-refractivity contribution in [3.63, 3.8) is 0 Å². The van der Waals surface area contributed by atoms with E-state index < -0.39 is 0 Å². The molecular weight excluding hydrogens is 272 g/mol. The van der Waals surface area contributed by atoms with Gasteiger partial charge in [-0.1, -0.05) is 44.2 Å². The van der Waals surface area contributed by atoms with E-state index in [-0.39, 0.29) is 0 Å². The van der Waals surface area contributed by atoms with Gasteiger partial charge in [-0.2, -0.15) is 0 Å². The van der Waals surface area contributed by atoms with E-state index in [4.69, 9.17) is 10.5 Å². The number of H-pyrrole nitrogens is 1. The van der Waals surface area contributed by atoms with Crippen LogP contribution in [0.3, 0.4) is 0 Å². The van der Waals surface area contributed by atoms with Gasteiger partial charge in [-0.15, -0.1) is 0 Å². The van der Waals surface area contributed by atoms with E-state index in [1.54, 1.807) is 0 Å². The van der Waals surface area contributed by atoms with Crippen LogP contribution in [0, 0.1) is 0 Å². The summed E-state index contributed by atoms with van der Waals surface area (Å²) >= 11 is 0. The van der Waals surface area contributed by atoms with Crippen LogP contribution in [0.5, 0.6) is 5.75 Å². The molecule has 0 aliphatic carbocycles. The summed E-state index contributed by atoms with van der Waals surface area (Å²) in [5.41, 5.74) is 9.18. The van der Waals surface area contributed by atoms with Crippen LogP contribution in [-0.4, -0.2) is 11.5 Å². The van der Waals surface area contributed by atoms with Crippen molar-refractivity contribution in [3.05, 3.63) is 65.9 Å². The fourth-order valence-corrected chi connectivity index (χ4v) is 2.35. The lowest BCUT2D eigenvalue weighted by atomic mass is 10.1. The van der Waals surface area contributed by atoms with Crippen molar-refractivity contribution < 1.29 is 4.74 Å². The summed E-state index contributed by atoms with van der Waals surface area (Å²) in [4.78, 5) is 3.26. The van der Waals surface area contributed by atoms with Crippen molar-refractivity contribution in [1.82, 2.24) is 4.98 Å². The number of aromatic amines is 1. The number of fused-ring (bicyclic) bond motifs is 1. The Morgan fingerprint density at radius 3 is 2.55 bits per heavy atom. The summed E-state index contributed by atoms with van der Waals surface area (Å²) in [5.74, 6) is 0.888. The molecule has 0 unspecified atom stereocenters. The number of hydrogen-bond donors (Lipinski definition) is 2. The Morgan fingerprint density at radius 1 is 1.05 bits per heavy atom. The number of aromatic nitrogens is 1. The summed E-state index contributed by atoms with van der Waals surface area (Å²) in [6, 6.07) is 16.3. The highest BCUT2D eigenvalue weighted by Gasteiger charge is 2.05. The Morgan fingerprint density at radius 2 is 1.82 bits per heavy atom. The summed E-state index contributed by atoms with van der Waals surface area (Å²) in [7, 11) is 0. The third-order valence-electron chi connectivity index (χ3n) is 3.40. The molecule has 0 spiro atoms. The normalized spacial score (nSPS) is 10.1. The molecule has 1 heterocycles. The van der Waals surface area contributed by atoms with Crippen LogP contribution >= 0.6 is 0 Å². The van der Waals surface area contributed by atoms with Gasteiger partial charge in [0.1, 0.15) is 12.4 Å². The van der Waals surface area contributed by atoms with E-state index in [1.807, 2.05) is 44.3 Å². The van der Waals surface area contributed by atoms with Crippen molar-refractivity contribution in [2.24, 2.45) is 5.73 Å². The molecule has 3 heteroatoms. The molecule has 0 radical (unpaired) electrons. The van der Waals surface area contributed by atoms with Gasteiger partial charge in [0.05, 0.1) is 0 Å². The smallest absolute Gasteiger partial charge is 0.120 e. The molecule has 3 aromatic rings. The number of nitrogens with two attached hydrogens (primary N) is 1. The molecule has 22 heavy (non-hydrogen) atoms. The van der Waals surface area contributed by atoms with Gasteiger partial charge in [-0.05, 0) is 42.3 Å². The maximum Gasteiger partial charge on any atom is 0.120 e. The standard InChI is InChI=1S/C17H18N2O.C2H6/c18-9-8-14-11-19-17-7-6-15(10-16(14)17)20-12-13-4-2-1-3-5-13;1-2/h1-7,10-11,19H,8-9,12,18H2;1-2H3. The highest BCUT2D eigenvalue weighted by Crippen LogP contribution is 2.24. The minimum atomic E-state index is 0.586. The molecule has 0 atom stereocenters. The molecule has 1 aromatic heterocycles. The second kappa shape index (κ2) is 8.25. The lowest BCUT2D eigenvalue weighted by Gasteiger charge is -2.07. The van der Waals surface area contributed by atoms with Crippen molar-refractivity contribution in [1.29, 1.82) is 0 Å². The lowest BCUT2D eigenvalue weighted by molar-refractivity contribution is 0.306. The first-order valence-corrected chi connectivity index (χ1v) is 7.83. The minimum Gasteiger partial charge on any atom is -0.489 e. The minimum absolute atomic E-state index is 0.586. The van der Waals surface area contributed by atoms with Gasteiger partial charge in [-0.25, -0.2) is 0 Å². The summed E-state index contributed by atoms with van der Waals surface area (Å²) in [6.07, 6.45) is 2.90. The summed E-state index contributed by atoms with van der Waals surface area (Å²) in [6.45, 7) is 5.24. The second-order valence-electron chi connectivity index (χ2n) is 4.83. The van der Waals surface area contributed by atoms with Gasteiger partial charge in [0.2, 0.25) is 0 Å². The molecule has 2 aromatic carbocycles. The van der Waals surface area contributed by atoms with Crippen LogP contribution in [0.25, 0.3) is 10.9 Å². The number of ether oxygens (including phenoxy) is 1. The Balaban J connectivity index is 0.000000847. The van der Waals surface area contributed by atoms with E-state index in [2.05, 4.69) is 29.2 Å².